The number of aromatic nitrogens is 4. The molecular formula is C17H15Cl2N5S. The molecule has 0 bridgehead atoms. The van der Waals surface area contributed by atoms with Crippen LogP contribution >= 0.6 is 35.0 Å². The van der Waals surface area contributed by atoms with E-state index in [9.17, 15) is 0 Å². The fourth-order valence-corrected chi connectivity index (χ4v) is 3.89. The molecule has 0 saturated carbocycles. The van der Waals surface area contributed by atoms with Gasteiger partial charge in [0.2, 0.25) is 0 Å². The molecule has 128 valence electrons. The first kappa shape index (κ1) is 17.9. The maximum absolute atomic E-state index is 7.99. The van der Waals surface area contributed by atoms with Crippen LogP contribution in [0.4, 0.5) is 0 Å². The molecule has 25 heavy (non-hydrogen) atoms. The first-order valence-corrected chi connectivity index (χ1v) is 9.13. The third kappa shape index (κ3) is 3.84. The van der Waals surface area contributed by atoms with Crippen LogP contribution in [0.1, 0.15) is 18.4 Å². The van der Waals surface area contributed by atoms with E-state index in [-0.39, 0.29) is 5.49 Å². The number of hydrogen-bond donors (Lipinski definition) is 2. The zero-order chi connectivity index (χ0) is 18.0. The number of H-pyrrole nitrogens is 1. The number of unbranched alkanes of at least 4 members (excludes halogenated alkanes) is 1. The van der Waals surface area contributed by atoms with Gasteiger partial charge in [0.25, 0.3) is 0 Å². The standard InChI is InChI=1S/C17H15Cl2N5S/c1-3-4-5-6-24-9-21-15(20)14-16(24)23-17(22-14)25-12-8-11(18)7-10(2)13(12)19/h1,7-9,20H,4-6H2,2H3,(H,22,23). The van der Waals surface area contributed by atoms with Gasteiger partial charge in [-0.05, 0) is 31.0 Å². The highest BCUT2D eigenvalue weighted by atomic mass is 35.5. The molecule has 3 rings (SSSR count). The minimum Gasteiger partial charge on any atom is -0.328 e. The summed E-state index contributed by atoms with van der Waals surface area (Å²) in [6.07, 6.45) is 8.43. The molecule has 0 saturated heterocycles. The first-order valence-electron chi connectivity index (χ1n) is 7.56. The number of halogens is 2. The Morgan fingerprint density at radius 2 is 2.20 bits per heavy atom. The smallest absolute Gasteiger partial charge is 0.173 e. The highest BCUT2D eigenvalue weighted by Gasteiger charge is 2.13. The Balaban J connectivity index is 1.99. The molecular weight excluding hydrogens is 377 g/mol. The highest BCUT2D eigenvalue weighted by molar-refractivity contribution is 7.99. The van der Waals surface area contributed by atoms with Gasteiger partial charge in [0.15, 0.2) is 16.3 Å². The molecule has 0 fully saturated rings. The molecule has 0 atom stereocenters. The van der Waals surface area contributed by atoms with Gasteiger partial charge < -0.3 is 9.55 Å². The number of hydrogen-bond acceptors (Lipinski definition) is 4. The van der Waals surface area contributed by atoms with Crippen molar-refractivity contribution in [2.75, 3.05) is 0 Å². The Bertz CT molecular complexity index is 1030. The summed E-state index contributed by atoms with van der Waals surface area (Å²) in [4.78, 5) is 12.7. The molecule has 8 heteroatoms. The van der Waals surface area contributed by atoms with Crippen LogP contribution in [0.15, 0.2) is 28.5 Å². The van der Waals surface area contributed by atoms with Crippen molar-refractivity contribution < 1.29 is 0 Å². The monoisotopic (exact) mass is 391 g/mol. The van der Waals surface area contributed by atoms with Crippen LogP contribution in [0.3, 0.4) is 0 Å². The lowest BCUT2D eigenvalue weighted by Gasteiger charge is -2.05. The van der Waals surface area contributed by atoms with Crippen molar-refractivity contribution in [2.45, 2.75) is 36.4 Å². The van der Waals surface area contributed by atoms with Crippen molar-refractivity contribution in [3.8, 4) is 12.3 Å². The van der Waals surface area contributed by atoms with Gasteiger partial charge in [0, 0.05) is 22.9 Å². The average Bonchev–Trinajstić information content (AvgIpc) is 2.99. The predicted octanol–water partition coefficient (Wildman–Crippen LogP) is 4.42. The summed E-state index contributed by atoms with van der Waals surface area (Å²) in [6, 6.07) is 3.62. The number of imidazole rings is 1. The minimum absolute atomic E-state index is 0.149. The molecule has 0 aliphatic rings. The third-order valence-corrected chi connectivity index (χ3v) is 5.37. The van der Waals surface area contributed by atoms with Crippen LogP contribution in [-0.4, -0.2) is 19.5 Å². The fraction of sp³-hybridized carbons (Fsp3) is 0.235. The Labute approximate surface area is 159 Å². The summed E-state index contributed by atoms with van der Waals surface area (Å²) in [5, 5.41) is 9.88. The number of nitrogens with zero attached hydrogens (tertiary/aromatic N) is 3. The normalized spacial score (nSPS) is 11.0. The second-order valence-corrected chi connectivity index (χ2v) is 7.32. The van der Waals surface area contributed by atoms with E-state index in [2.05, 4.69) is 20.9 Å². The van der Waals surface area contributed by atoms with Crippen LogP contribution in [0.25, 0.3) is 11.2 Å². The van der Waals surface area contributed by atoms with Crippen LogP contribution in [0.5, 0.6) is 0 Å². The quantitative estimate of drug-likeness (QED) is 0.499. The first-order chi connectivity index (χ1) is 12.0. The molecule has 0 spiro atoms. The van der Waals surface area contributed by atoms with Crippen molar-refractivity contribution in [3.63, 3.8) is 0 Å². The number of rotatable bonds is 5. The van der Waals surface area contributed by atoms with E-state index in [1.165, 1.54) is 11.8 Å². The summed E-state index contributed by atoms with van der Waals surface area (Å²) < 4.78 is 1.90. The zero-order valence-electron chi connectivity index (χ0n) is 13.4. The molecule has 5 nitrogen and oxygen atoms in total. The number of aryl methyl sites for hydroxylation is 2. The molecule has 2 aromatic heterocycles. The molecule has 0 amide bonds. The van der Waals surface area contributed by atoms with E-state index in [1.807, 2.05) is 17.6 Å². The van der Waals surface area contributed by atoms with E-state index < -0.39 is 0 Å². The Morgan fingerprint density at radius 1 is 1.40 bits per heavy atom. The van der Waals surface area contributed by atoms with Crippen molar-refractivity contribution >= 4 is 46.1 Å². The summed E-state index contributed by atoms with van der Waals surface area (Å²) in [6.45, 7) is 2.60. The van der Waals surface area contributed by atoms with Crippen LogP contribution in [0.2, 0.25) is 10.0 Å². The van der Waals surface area contributed by atoms with Gasteiger partial charge in [-0.3, -0.25) is 5.41 Å². The molecule has 3 aromatic rings. The zero-order valence-corrected chi connectivity index (χ0v) is 15.8. The molecule has 0 aliphatic heterocycles. The van der Waals surface area contributed by atoms with Crippen LogP contribution < -0.4 is 5.49 Å². The number of aromatic amines is 1. The molecule has 2 heterocycles. The number of benzene rings is 1. The average molecular weight is 392 g/mol. The predicted molar refractivity (Wildman–Crippen MR) is 101 cm³/mol. The van der Waals surface area contributed by atoms with Gasteiger partial charge in [-0.1, -0.05) is 35.0 Å². The Hall–Kier alpha value is -1.94. The van der Waals surface area contributed by atoms with Gasteiger partial charge >= 0.3 is 0 Å². The lowest BCUT2D eigenvalue weighted by atomic mass is 10.2. The summed E-state index contributed by atoms with van der Waals surface area (Å²) in [5.74, 6) is 2.62. The molecule has 2 N–H and O–H groups in total. The van der Waals surface area contributed by atoms with Gasteiger partial charge in [0.1, 0.15) is 5.52 Å². The van der Waals surface area contributed by atoms with E-state index in [0.717, 1.165) is 16.9 Å². The van der Waals surface area contributed by atoms with E-state index in [0.29, 0.717) is 39.3 Å². The van der Waals surface area contributed by atoms with Crippen LogP contribution in [0, 0.1) is 24.7 Å². The number of fused-ring (bicyclic) bond motifs is 1. The second kappa shape index (κ2) is 7.52. The van der Waals surface area contributed by atoms with E-state index in [1.54, 1.807) is 12.4 Å². The van der Waals surface area contributed by atoms with Crippen molar-refractivity contribution in [1.82, 2.24) is 19.5 Å². The van der Waals surface area contributed by atoms with Gasteiger partial charge in [-0.2, -0.15) is 0 Å². The summed E-state index contributed by atoms with van der Waals surface area (Å²) in [5.41, 5.74) is 2.31. The third-order valence-electron chi connectivity index (χ3n) is 3.61. The number of terminal acetylenes is 1. The second-order valence-electron chi connectivity index (χ2n) is 5.47. The topological polar surface area (TPSA) is 70.3 Å². The Kier molecular flexibility index (Phi) is 5.38. The number of nitrogens with one attached hydrogen (secondary N) is 2. The lowest BCUT2D eigenvalue weighted by molar-refractivity contribution is 0.653. The van der Waals surface area contributed by atoms with Crippen molar-refractivity contribution in [2.24, 2.45) is 0 Å². The fourth-order valence-electron chi connectivity index (χ4n) is 2.40. The van der Waals surface area contributed by atoms with Crippen molar-refractivity contribution in [1.29, 1.82) is 5.41 Å². The van der Waals surface area contributed by atoms with Gasteiger partial charge in [-0.15, -0.1) is 12.3 Å². The van der Waals surface area contributed by atoms with Gasteiger partial charge in [-0.25, -0.2) is 9.97 Å². The van der Waals surface area contributed by atoms with Crippen LogP contribution in [-0.2, 0) is 6.54 Å². The largest absolute Gasteiger partial charge is 0.328 e. The van der Waals surface area contributed by atoms with E-state index in [4.69, 9.17) is 35.0 Å². The summed E-state index contributed by atoms with van der Waals surface area (Å²) >= 11 is 13.9. The molecule has 0 aliphatic carbocycles. The highest BCUT2D eigenvalue weighted by Crippen LogP contribution is 2.36. The summed E-state index contributed by atoms with van der Waals surface area (Å²) in [7, 11) is 0. The maximum atomic E-state index is 7.99. The van der Waals surface area contributed by atoms with Gasteiger partial charge in [0.05, 0.1) is 11.3 Å². The lowest BCUT2D eigenvalue weighted by Crippen LogP contribution is -2.12. The molecule has 0 unspecified atom stereocenters. The molecule has 1 aromatic carbocycles. The maximum Gasteiger partial charge on any atom is 0.173 e. The Morgan fingerprint density at radius 3 is 2.96 bits per heavy atom. The molecule has 0 radical (unpaired) electrons. The van der Waals surface area contributed by atoms with E-state index >= 15 is 0 Å². The SMILES string of the molecule is C#CCCCn1cnc(=N)c2[nH]c(Sc3cc(Cl)cc(C)c3Cl)nc21. The minimum atomic E-state index is 0.149. The van der Waals surface area contributed by atoms with Crippen molar-refractivity contribution in [3.05, 3.63) is 39.6 Å².